The normalized spacial score (nSPS) is 23.7. The van der Waals surface area contributed by atoms with Gasteiger partial charge in [-0.2, -0.15) is 0 Å². The molecule has 1 saturated heterocycles. The molecule has 2 aromatic rings. The largest absolute Gasteiger partial charge is 0.373 e. The van der Waals surface area contributed by atoms with E-state index >= 15 is 0 Å². The summed E-state index contributed by atoms with van der Waals surface area (Å²) in [4.78, 5) is 4.52. The third-order valence-corrected chi connectivity index (χ3v) is 3.70. The Kier molecular flexibility index (Phi) is 3.02. The zero-order chi connectivity index (χ0) is 12.5. The second-order valence-corrected chi connectivity index (χ2v) is 4.98. The second-order valence-electron chi connectivity index (χ2n) is 4.98. The van der Waals surface area contributed by atoms with Gasteiger partial charge in [-0.05, 0) is 43.7 Å². The Hall–Kier alpha value is -1.45. The number of nitrogens with zero attached hydrogens (tertiary/aromatic N) is 1. The summed E-state index contributed by atoms with van der Waals surface area (Å²) in [5.41, 5.74) is 9.12. The van der Waals surface area contributed by atoms with Crippen LogP contribution >= 0.6 is 0 Å². The Labute approximate surface area is 107 Å². The summed E-state index contributed by atoms with van der Waals surface area (Å²) in [6, 6.07) is 10.5. The highest BCUT2D eigenvalue weighted by molar-refractivity contribution is 5.79. The van der Waals surface area contributed by atoms with Gasteiger partial charge in [0.05, 0.1) is 11.6 Å². The maximum Gasteiger partial charge on any atom is 0.0866 e. The van der Waals surface area contributed by atoms with E-state index in [-0.39, 0.29) is 6.10 Å². The van der Waals surface area contributed by atoms with Gasteiger partial charge < -0.3 is 10.5 Å². The zero-order valence-electron chi connectivity index (χ0n) is 10.6. The third-order valence-electron chi connectivity index (χ3n) is 3.70. The average Bonchev–Trinajstić information content (AvgIpc) is 2.86. The van der Waals surface area contributed by atoms with E-state index < -0.39 is 0 Å². The monoisotopic (exact) mass is 242 g/mol. The fourth-order valence-corrected chi connectivity index (χ4v) is 2.67. The Morgan fingerprint density at radius 3 is 3.06 bits per heavy atom. The van der Waals surface area contributed by atoms with Crippen LogP contribution in [0.4, 0.5) is 0 Å². The van der Waals surface area contributed by atoms with Crippen molar-refractivity contribution in [2.75, 3.05) is 13.2 Å². The van der Waals surface area contributed by atoms with Crippen molar-refractivity contribution in [1.29, 1.82) is 0 Å². The van der Waals surface area contributed by atoms with Crippen molar-refractivity contribution in [3.63, 3.8) is 0 Å². The minimum Gasteiger partial charge on any atom is -0.373 e. The van der Waals surface area contributed by atoms with Crippen molar-refractivity contribution in [3.8, 4) is 0 Å². The van der Waals surface area contributed by atoms with E-state index in [0.717, 1.165) is 24.2 Å². The lowest BCUT2D eigenvalue weighted by atomic mass is 9.94. The van der Waals surface area contributed by atoms with E-state index in [2.05, 4.69) is 29.2 Å². The highest BCUT2D eigenvalue weighted by Gasteiger charge is 2.28. The average molecular weight is 242 g/mol. The minimum atomic E-state index is 0.153. The summed E-state index contributed by atoms with van der Waals surface area (Å²) in [5.74, 6) is 0.445. The van der Waals surface area contributed by atoms with Gasteiger partial charge in [0.25, 0.3) is 0 Å². The number of nitrogens with two attached hydrogens (primary N) is 1. The number of aromatic nitrogens is 1. The van der Waals surface area contributed by atoms with Crippen LogP contribution in [0.5, 0.6) is 0 Å². The van der Waals surface area contributed by atoms with Crippen molar-refractivity contribution in [2.45, 2.75) is 19.4 Å². The minimum absolute atomic E-state index is 0.153. The smallest absolute Gasteiger partial charge is 0.0866 e. The van der Waals surface area contributed by atoms with Crippen LogP contribution in [-0.2, 0) is 4.74 Å². The predicted molar refractivity (Wildman–Crippen MR) is 72.3 cm³/mol. The molecule has 1 aromatic heterocycles. The molecule has 3 rings (SSSR count). The van der Waals surface area contributed by atoms with Gasteiger partial charge in [-0.15, -0.1) is 0 Å². The second kappa shape index (κ2) is 4.67. The molecule has 94 valence electrons. The van der Waals surface area contributed by atoms with Crippen molar-refractivity contribution in [3.05, 3.63) is 41.6 Å². The first-order valence-electron chi connectivity index (χ1n) is 6.47. The molecule has 18 heavy (non-hydrogen) atoms. The summed E-state index contributed by atoms with van der Waals surface area (Å²) >= 11 is 0. The predicted octanol–water partition coefficient (Wildman–Crippen LogP) is 2.58. The van der Waals surface area contributed by atoms with E-state index in [4.69, 9.17) is 10.5 Å². The Morgan fingerprint density at radius 1 is 1.33 bits per heavy atom. The molecule has 3 heteroatoms. The third kappa shape index (κ3) is 2.00. The van der Waals surface area contributed by atoms with Crippen molar-refractivity contribution in [2.24, 2.45) is 11.7 Å². The lowest BCUT2D eigenvalue weighted by Gasteiger charge is -2.17. The van der Waals surface area contributed by atoms with Crippen LogP contribution in [-0.4, -0.2) is 18.1 Å². The molecule has 1 aromatic carbocycles. The number of hydrogen-bond acceptors (Lipinski definition) is 3. The summed E-state index contributed by atoms with van der Waals surface area (Å²) < 4.78 is 5.81. The molecule has 1 aliphatic rings. The van der Waals surface area contributed by atoms with E-state index in [1.807, 2.05) is 13.0 Å². The molecule has 2 heterocycles. The molecule has 2 atom stereocenters. The first kappa shape index (κ1) is 11.6. The molecular weight excluding hydrogens is 224 g/mol. The van der Waals surface area contributed by atoms with Gasteiger partial charge in [0, 0.05) is 23.6 Å². The molecule has 0 spiro atoms. The molecule has 2 unspecified atom stereocenters. The zero-order valence-corrected chi connectivity index (χ0v) is 10.6. The number of ether oxygens (including phenoxy) is 1. The fourth-order valence-electron chi connectivity index (χ4n) is 2.67. The van der Waals surface area contributed by atoms with Crippen molar-refractivity contribution >= 4 is 10.9 Å². The molecule has 2 N–H and O–H groups in total. The Morgan fingerprint density at radius 2 is 2.22 bits per heavy atom. The van der Waals surface area contributed by atoms with Crippen LogP contribution in [0.3, 0.4) is 0 Å². The Bertz CT molecular complexity index is 567. The van der Waals surface area contributed by atoms with Crippen LogP contribution in [0.2, 0.25) is 0 Å². The van der Waals surface area contributed by atoms with Gasteiger partial charge in [-0.1, -0.05) is 12.1 Å². The molecule has 0 bridgehead atoms. The summed E-state index contributed by atoms with van der Waals surface area (Å²) in [6.07, 6.45) is 1.21. The molecular formula is C15H18N2O. The van der Waals surface area contributed by atoms with Gasteiger partial charge in [0.2, 0.25) is 0 Å². The molecule has 0 amide bonds. The molecule has 3 nitrogen and oxygen atoms in total. The van der Waals surface area contributed by atoms with Crippen LogP contribution in [0.25, 0.3) is 10.9 Å². The van der Waals surface area contributed by atoms with Crippen LogP contribution < -0.4 is 5.73 Å². The molecule has 0 aliphatic carbocycles. The first-order chi connectivity index (χ1) is 8.78. The highest BCUT2D eigenvalue weighted by atomic mass is 16.5. The lowest BCUT2D eigenvalue weighted by Crippen LogP contribution is -2.17. The van der Waals surface area contributed by atoms with Gasteiger partial charge in [0.1, 0.15) is 0 Å². The number of fused-ring (bicyclic) bond motifs is 1. The fraction of sp³-hybridized carbons (Fsp3) is 0.400. The SMILES string of the molecule is Cc1ccc2cc(C3OCCC3CN)ccc2n1. The summed E-state index contributed by atoms with van der Waals surface area (Å²) in [6.45, 7) is 3.52. The van der Waals surface area contributed by atoms with E-state index in [9.17, 15) is 0 Å². The summed E-state index contributed by atoms with van der Waals surface area (Å²) in [5, 5.41) is 1.17. The molecule has 0 saturated carbocycles. The quantitative estimate of drug-likeness (QED) is 0.880. The van der Waals surface area contributed by atoms with Gasteiger partial charge in [-0.3, -0.25) is 4.98 Å². The van der Waals surface area contributed by atoms with Crippen molar-refractivity contribution < 1.29 is 4.74 Å². The number of hydrogen-bond donors (Lipinski definition) is 1. The van der Waals surface area contributed by atoms with Gasteiger partial charge >= 0.3 is 0 Å². The van der Waals surface area contributed by atoms with Crippen molar-refractivity contribution in [1.82, 2.24) is 4.98 Å². The standard InChI is InChI=1S/C15H18N2O/c1-10-2-3-11-8-12(4-5-14(11)17-10)15-13(9-16)6-7-18-15/h2-5,8,13,15H,6-7,9,16H2,1H3. The van der Waals surface area contributed by atoms with E-state index in [0.29, 0.717) is 12.5 Å². The number of benzene rings is 1. The van der Waals surface area contributed by atoms with Gasteiger partial charge in [0.15, 0.2) is 0 Å². The lowest BCUT2D eigenvalue weighted by molar-refractivity contribution is 0.0926. The number of rotatable bonds is 2. The number of pyridine rings is 1. The summed E-state index contributed by atoms with van der Waals surface area (Å²) in [7, 11) is 0. The molecule has 1 fully saturated rings. The maximum absolute atomic E-state index is 5.81. The van der Waals surface area contributed by atoms with E-state index in [1.165, 1.54) is 10.9 Å². The van der Waals surface area contributed by atoms with E-state index in [1.54, 1.807) is 0 Å². The van der Waals surface area contributed by atoms with Crippen LogP contribution in [0.15, 0.2) is 30.3 Å². The molecule has 0 radical (unpaired) electrons. The highest BCUT2D eigenvalue weighted by Crippen LogP contribution is 2.34. The van der Waals surface area contributed by atoms with Gasteiger partial charge in [-0.25, -0.2) is 0 Å². The Balaban J connectivity index is 2.00. The molecule has 1 aliphatic heterocycles. The number of aryl methyl sites for hydroxylation is 1. The topological polar surface area (TPSA) is 48.1 Å². The maximum atomic E-state index is 5.81. The van der Waals surface area contributed by atoms with Crippen LogP contribution in [0.1, 0.15) is 23.8 Å². The van der Waals surface area contributed by atoms with Crippen LogP contribution in [0, 0.1) is 12.8 Å². The first-order valence-corrected chi connectivity index (χ1v) is 6.47.